The number of hydrogen-bond donors (Lipinski definition) is 0. The second kappa shape index (κ2) is 9.64. The smallest absolute Gasteiger partial charge is 0.330 e. The van der Waals surface area contributed by atoms with Gasteiger partial charge in [0.15, 0.2) is 0 Å². The molecule has 0 amide bonds. The van der Waals surface area contributed by atoms with E-state index in [1.165, 1.54) is 6.08 Å². The molecule has 2 atom stereocenters. The van der Waals surface area contributed by atoms with Crippen molar-refractivity contribution in [3.05, 3.63) is 50.6 Å². The lowest BCUT2D eigenvalue weighted by atomic mass is 9.91. The molecule has 0 fully saturated rings. The topological polar surface area (TPSA) is 26.3 Å². The minimum absolute atomic E-state index is 0.159. The molecule has 17 heavy (non-hydrogen) atoms. The molecule has 0 rings (SSSR count). The zero-order valence-electron chi connectivity index (χ0n) is 10.4. The molecule has 0 aliphatic carbocycles. The number of ether oxygens (including phenoxy) is 1. The summed E-state index contributed by atoms with van der Waals surface area (Å²) in [6, 6.07) is 0. The monoisotopic (exact) mass is 234 g/mol. The van der Waals surface area contributed by atoms with Crippen molar-refractivity contribution in [1.82, 2.24) is 0 Å². The molecule has 94 valence electrons. The molecule has 0 spiro atoms. The van der Waals surface area contributed by atoms with Gasteiger partial charge in [-0.05, 0) is 25.2 Å². The highest BCUT2D eigenvalue weighted by atomic mass is 16.5. The van der Waals surface area contributed by atoms with Gasteiger partial charge in [0.1, 0.15) is 0 Å². The summed E-state index contributed by atoms with van der Waals surface area (Å²) in [5.74, 6) is 0.170. The predicted octanol–water partition coefficient (Wildman–Crippen LogP) is 3.68. The second-order valence-electron chi connectivity index (χ2n) is 3.93. The van der Waals surface area contributed by atoms with Crippen molar-refractivity contribution in [2.24, 2.45) is 11.8 Å². The molecule has 2 nitrogen and oxygen atoms in total. The van der Waals surface area contributed by atoms with E-state index in [1.54, 1.807) is 0 Å². The van der Waals surface area contributed by atoms with Gasteiger partial charge in [-0.25, -0.2) is 4.79 Å². The third-order valence-corrected chi connectivity index (χ3v) is 2.62. The zero-order chi connectivity index (χ0) is 13.1. The van der Waals surface area contributed by atoms with E-state index in [1.807, 2.05) is 18.2 Å². The van der Waals surface area contributed by atoms with Gasteiger partial charge in [-0.1, -0.05) is 24.8 Å². The Morgan fingerprint density at radius 3 is 2.24 bits per heavy atom. The average molecular weight is 234 g/mol. The molecule has 0 saturated carbocycles. The number of carbonyl (C=O) groups is 1. The average Bonchev–Trinajstić information content (AvgIpc) is 2.37. The van der Waals surface area contributed by atoms with E-state index in [-0.39, 0.29) is 5.92 Å². The van der Waals surface area contributed by atoms with Crippen molar-refractivity contribution in [3.8, 4) is 0 Å². The number of carbonyl (C=O) groups excluding carboxylic acids is 1. The zero-order valence-corrected chi connectivity index (χ0v) is 10.4. The fourth-order valence-electron chi connectivity index (χ4n) is 1.53. The number of hydrogen-bond acceptors (Lipinski definition) is 2. The molecule has 0 radical (unpaired) electrons. The highest BCUT2D eigenvalue weighted by molar-refractivity contribution is 5.81. The molecular formula is C15H22O2. The van der Waals surface area contributed by atoms with E-state index in [4.69, 9.17) is 4.74 Å². The molecule has 0 aromatic carbocycles. The van der Waals surface area contributed by atoms with E-state index in [0.29, 0.717) is 12.5 Å². The first-order valence-corrected chi connectivity index (χ1v) is 5.83. The van der Waals surface area contributed by atoms with E-state index >= 15 is 0 Å². The van der Waals surface area contributed by atoms with Crippen LogP contribution in [-0.4, -0.2) is 12.6 Å². The Hall–Kier alpha value is -1.57. The largest absolute Gasteiger partial charge is 0.462 e. The Balaban J connectivity index is 4.11. The molecular weight excluding hydrogens is 212 g/mol. The van der Waals surface area contributed by atoms with E-state index < -0.39 is 5.97 Å². The van der Waals surface area contributed by atoms with Gasteiger partial charge in [0.25, 0.3) is 0 Å². The Labute approximate surface area is 104 Å². The van der Waals surface area contributed by atoms with Crippen molar-refractivity contribution in [1.29, 1.82) is 0 Å². The summed E-state index contributed by atoms with van der Waals surface area (Å²) in [5, 5.41) is 0. The summed E-state index contributed by atoms with van der Waals surface area (Å²) in [4.78, 5) is 11.0. The third kappa shape index (κ3) is 7.34. The first kappa shape index (κ1) is 15.4. The number of rotatable bonds is 10. The molecule has 0 N–H and O–H groups in total. The van der Waals surface area contributed by atoms with Gasteiger partial charge in [0.2, 0.25) is 0 Å². The van der Waals surface area contributed by atoms with Gasteiger partial charge in [0.05, 0.1) is 6.61 Å². The van der Waals surface area contributed by atoms with Crippen LogP contribution in [0.1, 0.15) is 19.3 Å². The van der Waals surface area contributed by atoms with Crippen molar-refractivity contribution < 1.29 is 9.53 Å². The van der Waals surface area contributed by atoms with E-state index in [9.17, 15) is 4.79 Å². The molecule has 0 aliphatic rings. The summed E-state index contributed by atoms with van der Waals surface area (Å²) in [5.41, 5.74) is 0. The Morgan fingerprint density at radius 2 is 1.76 bits per heavy atom. The number of allylic oxidation sites excluding steroid dienone is 2. The van der Waals surface area contributed by atoms with Crippen LogP contribution in [0, 0.1) is 11.8 Å². The summed E-state index contributed by atoms with van der Waals surface area (Å²) < 4.78 is 5.01. The molecule has 0 aliphatic heterocycles. The van der Waals surface area contributed by atoms with Crippen LogP contribution in [0.2, 0.25) is 0 Å². The standard InChI is InChI=1S/C15H22O2/c1-5-9-10-13(6-2)11-14(7-3)12-17-15(16)8-4/h5-8,13-14H,1-4,9-12H2. The van der Waals surface area contributed by atoms with Gasteiger partial charge >= 0.3 is 5.97 Å². The van der Waals surface area contributed by atoms with Crippen LogP contribution < -0.4 is 0 Å². The molecule has 0 saturated heterocycles. The fourth-order valence-corrected chi connectivity index (χ4v) is 1.53. The van der Waals surface area contributed by atoms with Crippen LogP contribution >= 0.6 is 0 Å². The lowest BCUT2D eigenvalue weighted by Crippen LogP contribution is -2.14. The van der Waals surface area contributed by atoms with Gasteiger partial charge in [-0.15, -0.1) is 19.7 Å². The SMILES string of the molecule is C=CCCC(C=C)CC(C=C)COC(=O)C=C. The van der Waals surface area contributed by atoms with Crippen LogP contribution in [0.5, 0.6) is 0 Å². The van der Waals surface area contributed by atoms with E-state index in [2.05, 4.69) is 26.3 Å². The maximum atomic E-state index is 11.0. The van der Waals surface area contributed by atoms with Crippen molar-refractivity contribution >= 4 is 5.97 Å². The van der Waals surface area contributed by atoms with Crippen LogP contribution in [0.4, 0.5) is 0 Å². The summed E-state index contributed by atoms with van der Waals surface area (Å²) in [7, 11) is 0. The third-order valence-electron chi connectivity index (χ3n) is 2.62. The first-order valence-electron chi connectivity index (χ1n) is 5.83. The lowest BCUT2D eigenvalue weighted by molar-refractivity contribution is -0.138. The Kier molecular flexibility index (Phi) is 8.75. The summed E-state index contributed by atoms with van der Waals surface area (Å²) in [6.07, 6.45) is 9.71. The fraction of sp³-hybridized carbons (Fsp3) is 0.400. The van der Waals surface area contributed by atoms with Crippen molar-refractivity contribution in [2.45, 2.75) is 19.3 Å². The number of esters is 1. The molecule has 2 unspecified atom stereocenters. The quantitative estimate of drug-likeness (QED) is 0.327. The lowest BCUT2D eigenvalue weighted by Gasteiger charge is -2.17. The van der Waals surface area contributed by atoms with Gasteiger partial charge < -0.3 is 4.74 Å². The van der Waals surface area contributed by atoms with Crippen LogP contribution in [0.15, 0.2) is 50.6 Å². The normalized spacial score (nSPS) is 13.2. The Morgan fingerprint density at radius 1 is 1.12 bits per heavy atom. The second-order valence-corrected chi connectivity index (χ2v) is 3.93. The van der Waals surface area contributed by atoms with Crippen LogP contribution in [0.3, 0.4) is 0 Å². The maximum Gasteiger partial charge on any atom is 0.330 e. The maximum absolute atomic E-state index is 11.0. The molecule has 0 aromatic rings. The van der Waals surface area contributed by atoms with Gasteiger partial charge in [0, 0.05) is 12.0 Å². The van der Waals surface area contributed by atoms with Crippen LogP contribution in [0.25, 0.3) is 0 Å². The Bertz CT molecular complexity index is 279. The molecule has 0 aromatic heterocycles. The first-order chi connectivity index (χ1) is 8.17. The molecule has 0 heterocycles. The van der Waals surface area contributed by atoms with Crippen molar-refractivity contribution in [3.63, 3.8) is 0 Å². The van der Waals surface area contributed by atoms with Gasteiger partial charge in [-0.2, -0.15) is 0 Å². The predicted molar refractivity (Wildman–Crippen MR) is 72.6 cm³/mol. The summed E-state index contributed by atoms with van der Waals surface area (Å²) in [6.45, 7) is 15.0. The molecule has 2 heteroatoms. The molecule has 0 bridgehead atoms. The minimum Gasteiger partial charge on any atom is -0.462 e. The summed E-state index contributed by atoms with van der Waals surface area (Å²) >= 11 is 0. The minimum atomic E-state index is -0.391. The van der Waals surface area contributed by atoms with Gasteiger partial charge in [-0.3, -0.25) is 0 Å². The highest BCUT2D eigenvalue weighted by Gasteiger charge is 2.12. The highest BCUT2D eigenvalue weighted by Crippen LogP contribution is 2.20. The van der Waals surface area contributed by atoms with Crippen molar-refractivity contribution in [2.75, 3.05) is 6.61 Å². The van der Waals surface area contributed by atoms with E-state index in [0.717, 1.165) is 19.3 Å². The van der Waals surface area contributed by atoms with Crippen LogP contribution in [-0.2, 0) is 9.53 Å².